The number of aliphatic imine (C=N–C) groups is 1. The van der Waals surface area contributed by atoms with Crippen LogP contribution in [0, 0.1) is 0 Å². The number of nitrogens with one attached hydrogen (secondary N) is 1. The van der Waals surface area contributed by atoms with Crippen LogP contribution in [-0.2, 0) is 11.3 Å². The molecule has 25 heavy (non-hydrogen) atoms. The monoisotopic (exact) mass is 456 g/mol. The van der Waals surface area contributed by atoms with Crippen molar-refractivity contribution in [3.05, 3.63) is 48.2 Å². The van der Waals surface area contributed by atoms with E-state index >= 15 is 0 Å². The quantitative estimate of drug-likeness (QED) is 0.407. The van der Waals surface area contributed by atoms with Crippen LogP contribution < -0.4 is 11.1 Å². The molecule has 2 heterocycles. The molecule has 0 bridgehead atoms. The number of benzene rings is 1. The number of hydrogen-bond acceptors (Lipinski definition) is 3. The Balaban J connectivity index is 0.00000225. The van der Waals surface area contributed by atoms with Crippen LogP contribution in [0.5, 0.6) is 0 Å². The first kappa shape index (κ1) is 20.0. The molecule has 0 radical (unpaired) electrons. The van der Waals surface area contributed by atoms with E-state index in [4.69, 9.17) is 10.5 Å². The number of nitrogens with two attached hydrogens (primary N) is 1. The van der Waals surface area contributed by atoms with Crippen molar-refractivity contribution in [2.75, 3.05) is 19.6 Å². The Labute approximate surface area is 167 Å². The van der Waals surface area contributed by atoms with Gasteiger partial charge in [-0.1, -0.05) is 30.3 Å². The second-order valence-corrected chi connectivity index (χ2v) is 6.61. The molecule has 6 heteroatoms. The summed E-state index contributed by atoms with van der Waals surface area (Å²) < 4.78 is 5.51. The van der Waals surface area contributed by atoms with Gasteiger partial charge in [0.2, 0.25) is 0 Å². The van der Waals surface area contributed by atoms with Gasteiger partial charge < -0.3 is 15.8 Å². The Hall–Kier alpha value is -1.28. The average molecular weight is 456 g/mol. The van der Waals surface area contributed by atoms with E-state index in [-0.39, 0.29) is 30.1 Å². The van der Waals surface area contributed by atoms with Gasteiger partial charge in [-0.05, 0) is 37.3 Å². The van der Waals surface area contributed by atoms with Crippen LogP contribution in [0.4, 0.5) is 0 Å². The number of halogens is 1. The Bertz CT molecular complexity index is 556. The molecule has 0 aliphatic carbocycles. The van der Waals surface area contributed by atoms with Gasteiger partial charge in [0.25, 0.3) is 0 Å². The van der Waals surface area contributed by atoms with E-state index in [1.807, 2.05) is 6.08 Å². The van der Waals surface area contributed by atoms with E-state index in [2.05, 4.69) is 45.5 Å². The average Bonchev–Trinajstić information content (AvgIpc) is 2.63. The highest BCUT2D eigenvalue weighted by Gasteiger charge is 2.19. The zero-order chi connectivity index (χ0) is 16.6. The second kappa shape index (κ2) is 10.7. The molecule has 0 saturated carbocycles. The molecule has 1 fully saturated rings. The number of rotatable bonds is 5. The number of likely N-dealkylation sites (tertiary alicyclic amines) is 1. The Morgan fingerprint density at radius 3 is 2.64 bits per heavy atom. The zero-order valence-electron chi connectivity index (χ0n) is 14.6. The third-order valence-corrected chi connectivity index (χ3v) is 4.68. The summed E-state index contributed by atoms with van der Waals surface area (Å²) >= 11 is 0. The van der Waals surface area contributed by atoms with Gasteiger partial charge in [0.1, 0.15) is 6.10 Å². The topological polar surface area (TPSA) is 62.9 Å². The van der Waals surface area contributed by atoms with Gasteiger partial charge >= 0.3 is 0 Å². The summed E-state index contributed by atoms with van der Waals surface area (Å²) in [5.41, 5.74) is 7.41. The molecular weight excluding hydrogens is 427 g/mol. The minimum absolute atomic E-state index is 0. The number of piperidine rings is 1. The van der Waals surface area contributed by atoms with Gasteiger partial charge in [-0.25, -0.2) is 4.99 Å². The van der Waals surface area contributed by atoms with Crippen molar-refractivity contribution >= 4 is 29.9 Å². The summed E-state index contributed by atoms with van der Waals surface area (Å²) in [6.07, 6.45) is 8.28. The van der Waals surface area contributed by atoms with Gasteiger partial charge in [-0.2, -0.15) is 0 Å². The third-order valence-electron chi connectivity index (χ3n) is 4.68. The maximum Gasteiger partial charge on any atom is 0.188 e. The largest absolute Gasteiger partial charge is 0.496 e. The highest BCUT2D eigenvalue weighted by atomic mass is 127. The summed E-state index contributed by atoms with van der Waals surface area (Å²) in [4.78, 5) is 6.94. The van der Waals surface area contributed by atoms with Gasteiger partial charge in [0.05, 0.1) is 12.8 Å². The van der Waals surface area contributed by atoms with E-state index in [0.29, 0.717) is 18.5 Å². The predicted octanol–water partition coefficient (Wildman–Crippen LogP) is 2.87. The smallest absolute Gasteiger partial charge is 0.188 e. The number of ether oxygens (including phenoxy) is 1. The predicted molar refractivity (Wildman–Crippen MR) is 113 cm³/mol. The van der Waals surface area contributed by atoms with Crippen molar-refractivity contribution in [1.82, 2.24) is 10.2 Å². The Kier molecular flexibility index (Phi) is 8.54. The minimum atomic E-state index is 0. The van der Waals surface area contributed by atoms with Crippen LogP contribution in [-0.4, -0.2) is 42.6 Å². The van der Waals surface area contributed by atoms with Gasteiger partial charge in [-0.3, -0.25) is 4.90 Å². The zero-order valence-corrected chi connectivity index (χ0v) is 17.0. The molecule has 5 nitrogen and oxygen atoms in total. The molecule has 3 N–H and O–H groups in total. The molecule has 0 aromatic heterocycles. The Morgan fingerprint density at radius 2 is 1.96 bits per heavy atom. The first-order valence-corrected chi connectivity index (χ1v) is 8.93. The minimum Gasteiger partial charge on any atom is -0.496 e. The van der Waals surface area contributed by atoms with Crippen LogP contribution in [0.1, 0.15) is 31.2 Å². The second-order valence-electron chi connectivity index (χ2n) is 6.61. The maximum absolute atomic E-state index is 6.03. The van der Waals surface area contributed by atoms with Crippen molar-refractivity contribution < 1.29 is 4.74 Å². The number of allylic oxidation sites excluding steroid dienone is 1. The summed E-state index contributed by atoms with van der Waals surface area (Å²) in [6.45, 7) is 3.85. The van der Waals surface area contributed by atoms with Crippen LogP contribution in [0.25, 0.3) is 0 Å². The fourth-order valence-corrected chi connectivity index (χ4v) is 3.25. The molecule has 138 valence electrons. The van der Waals surface area contributed by atoms with E-state index in [1.54, 1.807) is 6.26 Å². The number of guanidine groups is 1. The van der Waals surface area contributed by atoms with E-state index in [9.17, 15) is 0 Å². The third kappa shape index (κ3) is 6.86. The lowest BCUT2D eigenvalue weighted by Crippen LogP contribution is -2.47. The van der Waals surface area contributed by atoms with Crippen LogP contribution in [0.2, 0.25) is 0 Å². The SMILES string of the molecule is I.NC(=NCC1CCC=CO1)NC1CCN(Cc2ccccc2)CC1. The molecule has 0 amide bonds. The summed E-state index contributed by atoms with van der Waals surface area (Å²) in [5, 5.41) is 3.37. The molecule has 1 aromatic rings. The molecular formula is C19H29IN4O. The van der Waals surface area contributed by atoms with Crippen molar-refractivity contribution in [2.24, 2.45) is 10.7 Å². The van der Waals surface area contributed by atoms with E-state index < -0.39 is 0 Å². The molecule has 2 aliphatic rings. The standard InChI is InChI=1S/C19H28N4O.HI/c20-19(21-14-18-8-4-5-13-24-18)22-17-9-11-23(12-10-17)15-16-6-2-1-3-7-16;/h1-3,5-7,13,17-18H,4,8-12,14-15H2,(H3,20,21,22);1H. The highest BCUT2D eigenvalue weighted by Crippen LogP contribution is 2.14. The number of hydrogen-bond donors (Lipinski definition) is 2. The molecule has 2 aliphatic heterocycles. The summed E-state index contributed by atoms with van der Waals surface area (Å²) in [7, 11) is 0. The lowest BCUT2D eigenvalue weighted by molar-refractivity contribution is 0.131. The number of nitrogens with zero attached hydrogens (tertiary/aromatic N) is 2. The van der Waals surface area contributed by atoms with E-state index in [1.165, 1.54) is 5.56 Å². The first-order chi connectivity index (χ1) is 11.8. The fraction of sp³-hybridized carbons (Fsp3) is 0.526. The molecule has 1 saturated heterocycles. The van der Waals surface area contributed by atoms with Gasteiger partial charge in [0.15, 0.2) is 5.96 Å². The van der Waals surface area contributed by atoms with Crippen LogP contribution in [0.3, 0.4) is 0 Å². The van der Waals surface area contributed by atoms with Gasteiger partial charge in [-0.15, -0.1) is 24.0 Å². The first-order valence-electron chi connectivity index (χ1n) is 8.93. The molecule has 0 spiro atoms. The van der Waals surface area contributed by atoms with Crippen LogP contribution >= 0.6 is 24.0 Å². The summed E-state index contributed by atoms with van der Waals surface area (Å²) in [6, 6.07) is 11.1. The fourth-order valence-electron chi connectivity index (χ4n) is 3.25. The lowest BCUT2D eigenvalue weighted by Gasteiger charge is -2.32. The van der Waals surface area contributed by atoms with Crippen LogP contribution in [0.15, 0.2) is 47.7 Å². The molecule has 1 atom stereocenters. The van der Waals surface area contributed by atoms with Gasteiger partial charge in [0, 0.05) is 25.7 Å². The summed E-state index contributed by atoms with van der Waals surface area (Å²) in [5.74, 6) is 0.551. The Morgan fingerprint density at radius 1 is 1.20 bits per heavy atom. The molecule has 3 rings (SSSR count). The van der Waals surface area contributed by atoms with Crippen molar-refractivity contribution in [2.45, 2.75) is 44.4 Å². The lowest BCUT2D eigenvalue weighted by atomic mass is 10.0. The molecule has 1 aromatic carbocycles. The van der Waals surface area contributed by atoms with Crippen molar-refractivity contribution in [3.63, 3.8) is 0 Å². The van der Waals surface area contributed by atoms with Crippen molar-refractivity contribution in [1.29, 1.82) is 0 Å². The normalized spacial score (nSPS) is 22.1. The van der Waals surface area contributed by atoms with Crippen molar-refractivity contribution in [3.8, 4) is 0 Å². The maximum atomic E-state index is 6.03. The van der Waals surface area contributed by atoms with E-state index in [0.717, 1.165) is 45.3 Å². The highest BCUT2D eigenvalue weighted by molar-refractivity contribution is 14.0. The molecule has 1 unspecified atom stereocenters.